The van der Waals surface area contributed by atoms with Crippen molar-refractivity contribution in [3.63, 3.8) is 0 Å². The summed E-state index contributed by atoms with van der Waals surface area (Å²) in [5.41, 5.74) is 7.11. The molecule has 0 aliphatic rings. The summed E-state index contributed by atoms with van der Waals surface area (Å²) in [6.07, 6.45) is 0. The number of nitrogen functional groups attached to an aromatic ring is 1. The molecule has 0 bridgehead atoms. The first kappa shape index (κ1) is 15.1. The molecular weight excluding hydrogens is 319 g/mol. The predicted molar refractivity (Wildman–Crippen MR) is 81.6 cm³/mol. The van der Waals surface area contributed by atoms with E-state index in [4.69, 9.17) is 33.7 Å². The molecule has 0 unspecified atom stereocenters. The zero-order chi connectivity index (χ0) is 14.9. The van der Waals surface area contributed by atoms with Gasteiger partial charge in [-0.2, -0.15) is 0 Å². The summed E-state index contributed by atoms with van der Waals surface area (Å²) < 4.78 is 5.18. The monoisotopic (exact) mass is 330 g/mol. The van der Waals surface area contributed by atoms with E-state index in [2.05, 4.69) is 4.98 Å². The standard InChI is InChI=1S/C13H12Cl2N2O2S/c1-6-7(2)20-11(17-6)5-19-13(18)8-3-9(14)12(15)10(16)4-8/h3-4H,5,16H2,1-2H3. The molecule has 0 saturated heterocycles. The molecule has 2 aromatic rings. The van der Waals surface area contributed by atoms with Crippen LogP contribution >= 0.6 is 34.5 Å². The molecule has 0 radical (unpaired) electrons. The number of thiazole rings is 1. The Labute approximate surface area is 130 Å². The number of benzene rings is 1. The van der Waals surface area contributed by atoms with Crippen molar-refractivity contribution >= 4 is 46.2 Å². The molecule has 0 fully saturated rings. The Morgan fingerprint density at radius 2 is 2.10 bits per heavy atom. The van der Waals surface area contributed by atoms with Crippen LogP contribution in [0.15, 0.2) is 12.1 Å². The van der Waals surface area contributed by atoms with Crippen LogP contribution in [0.2, 0.25) is 10.0 Å². The van der Waals surface area contributed by atoms with Crippen LogP contribution in [-0.4, -0.2) is 11.0 Å². The van der Waals surface area contributed by atoms with E-state index in [9.17, 15) is 4.79 Å². The van der Waals surface area contributed by atoms with E-state index in [-0.39, 0.29) is 27.9 Å². The molecular formula is C13H12Cl2N2O2S. The van der Waals surface area contributed by atoms with Crippen LogP contribution in [0.3, 0.4) is 0 Å². The summed E-state index contributed by atoms with van der Waals surface area (Å²) >= 11 is 13.2. The number of aryl methyl sites for hydroxylation is 2. The van der Waals surface area contributed by atoms with E-state index < -0.39 is 5.97 Å². The number of carbonyl (C=O) groups excluding carboxylic acids is 1. The number of nitrogens with zero attached hydrogens (tertiary/aromatic N) is 1. The quantitative estimate of drug-likeness (QED) is 0.682. The third kappa shape index (κ3) is 3.23. The van der Waals surface area contributed by atoms with Crippen LogP contribution in [0.25, 0.3) is 0 Å². The molecule has 0 atom stereocenters. The number of halogens is 2. The first-order chi connectivity index (χ1) is 9.38. The van der Waals surface area contributed by atoms with Gasteiger partial charge in [-0.15, -0.1) is 11.3 Å². The fourth-order valence-electron chi connectivity index (χ4n) is 1.54. The predicted octanol–water partition coefficient (Wildman–Crippen LogP) is 4.01. The molecule has 1 aromatic heterocycles. The highest BCUT2D eigenvalue weighted by molar-refractivity contribution is 7.11. The van der Waals surface area contributed by atoms with Gasteiger partial charge >= 0.3 is 5.97 Å². The third-order valence-electron chi connectivity index (χ3n) is 2.69. The Balaban J connectivity index is 2.09. The number of esters is 1. The van der Waals surface area contributed by atoms with E-state index in [1.165, 1.54) is 23.5 Å². The maximum absolute atomic E-state index is 11.9. The first-order valence-electron chi connectivity index (χ1n) is 5.73. The van der Waals surface area contributed by atoms with E-state index in [0.29, 0.717) is 0 Å². The van der Waals surface area contributed by atoms with Gasteiger partial charge in [-0.05, 0) is 26.0 Å². The van der Waals surface area contributed by atoms with E-state index in [0.717, 1.165) is 15.6 Å². The molecule has 0 aliphatic heterocycles. The van der Waals surface area contributed by atoms with Gasteiger partial charge in [0.05, 0.1) is 27.0 Å². The van der Waals surface area contributed by atoms with Crippen molar-refractivity contribution < 1.29 is 9.53 Å². The largest absolute Gasteiger partial charge is 0.455 e. The van der Waals surface area contributed by atoms with Crippen LogP contribution in [0.5, 0.6) is 0 Å². The van der Waals surface area contributed by atoms with Crippen molar-refractivity contribution in [2.75, 3.05) is 5.73 Å². The zero-order valence-corrected chi connectivity index (χ0v) is 13.2. The number of ether oxygens (including phenoxy) is 1. The maximum Gasteiger partial charge on any atom is 0.338 e. The van der Waals surface area contributed by atoms with Gasteiger partial charge in [0.15, 0.2) is 0 Å². The van der Waals surface area contributed by atoms with Gasteiger partial charge in [0.1, 0.15) is 11.6 Å². The number of rotatable bonds is 3. The maximum atomic E-state index is 11.9. The number of aromatic nitrogens is 1. The van der Waals surface area contributed by atoms with Gasteiger partial charge in [-0.3, -0.25) is 0 Å². The summed E-state index contributed by atoms with van der Waals surface area (Å²) in [7, 11) is 0. The minimum atomic E-state index is -0.513. The van der Waals surface area contributed by atoms with Crippen LogP contribution in [0.4, 0.5) is 5.69 Å². The van der Waals surface area contributed by atoms with Crippen LogP contribution < -0.4 is 5.73 Å². The lowest BCUT2D eigenvalue weighted by Gasteiger charge is -2.06. The number of nitrogens with two attached hydrogens (primary N) is 1. The molecule has 106 valence electrons. The molecule has 1 heterocycles. The molecule has 2 N–H and O–H groups in total. The fraction of sp³-hybridized carbons (Fsp3) is 0.231. The van der Waals surface area contributed by atoms with Gasteiger partial charge in [-0.25, -0.2) is 9.78 Å². The normalized spacial score (nSPS) is 10.6. The van der Waals surface area contributed by atoms with Crippen LogP contribution in [0.1, 0.15) is 25.9 Å². The lowest BCUT2D eigenvalue weighted by molar-refractivity contribution is 0.0472. The highest BCUT2D eigenvalue weighted by atomic mass is 35.5. The summed E-state index contributed by atoms with van der Waals surface area (Å²) in [4.78, 5) is 17.3. The molecule has 20 heavy (non-hydrogen) atoms. The lowest BCUT2D eigenvalue weighted by atomic mass is 10.2. The summed E-state index contributed by atoms with van der Waals surface area (Å²) in [5, 5.41) is 1.20. The highest BCUT2D eigenvalue weighted by Gasteiger charge is 2.13. The topological polar surface area (TPSA) is 65.2 Å². The number of hydrogen-bond acceptors (Lipinski definition) is 5. The Kier molecular flexibility index (Phi) is 4.52. The minimum Gasteiger partial charge on any atom is -0.455 e. The molecule has 0 amide bonds. The molecule has 0 spiro atoms. The Hall–Kier alpha value is -1.30. The fourth-order valence-corrected chi connectivity index (χ4v) is 2.72. The van der Waals surface area contributed by atoms with Crippen molar-refractivity contribution in [3.8, 4) is 0 Å². The molecule has 7 heteroatoms. The van der Waals surface area contributed by atoms with E-state index >= 15 is 0 Å². The van der Waals surface area contributed by atoms with Gasteiger partial charge in [-0.1, -0.05) is 23.2 Å². The van der Waals surface area contributed by atoms with Crippen molar-refractivity contribution in [2.24, 2.45) is 0 Å². The summed E-state index contributed by atoms with van der Waals surface area (Å²) in [6, 6.07) is 2.87. The number of anilines is 1. The van der Waals surface area contributed by atoms with Crippen molar-refractivity contribution in [1.29, 1.82) is 0 Å². The second-order valence-electron chi connectivity index (χ2n) is 4.19. The van der Waals surface area contributed by atoms with Crippen molar-refractivity contribution in [3.05, 3.63) is 43.3 Å². The van der Waals surface area contributed by atoms with Gasteiger partial charge in [0, 0.05) is 4.88 Å². The average Bonchev–Trinajstić information content (AvgIpc) is 2.72. The lowest BCUT2D eigenvalue weighted by Crippen LogP contribution is -2.06. The average molecular weight is 331 g/mol. The Morgan fingerprint density at radius 3 is 2.65 bits per heavy atom. The number of hydrogen-bond donors (Lipinski definition) is 1. The summed E-state index contributed by atoms with van der Waals surface area (Å²) in [6.45, 7) is 4.01. The smallest absolute Gasteiger partial charge is 0.338 e. The molecule has 1 aromatic carbocycles. The van der Waals surface area contributed by atoms with Crippen LogP contribution in [-0.2, 0) is 11.3 Å². The first-order valence-corrected chi connectivity index (χ1v) is 7.30. The van der Waals surface area contributed by atoms with E-state index in [1.807, 2.05) is 13.8 Å². The van der Waals surface area contributed by atoms with Crippen molar-refractivity contribution in [1.82, 2.24) is 4.98 Å². The third-order valence-corrected chi connectivity index (χ3v) is 4.55. The van der Waals surface area contributed by atoms with Gasteiger partial charge in [0.25, 0.3) is 0 Å². The molecule has 4 nitrogen and oxygen atoms in total. The second-order valence-corrected chi connectivity index (χ2v) is 6.26. The zero-order valence-electron chi connectivity index (χ0n) is 10.9. The van der Waals surface area contributed by atoms with Gasteiger partial charge < -0.3 is 10.5 Å². The second kappa shape index (κ2) is 5.99. The Morgan fingerprint density at radius 1 is 1.40 bits per heavy atom. The summed E-state index contributed by atoms with van der Waals surface area (Å²) in [5.74, 6) is -0.513. The van der Waals surface area contributed by atoms with Crippen molar-refractivity contribution in [2.45, 2.75) is 20.5 Å². The minimum absolute atomic E-state index is 0.123. The van der Waals surface area contributed by atoms with Crippen LogP contribution in [0, 0.1) is 13.8 Å². The molecule has 0 saturated carbocycles. The molecule has 0 aliphatic carbocycles. The SMILES string of the molecule is Cc1nc(COC(=O)c2cc(N)c(Cl)c(Cl)c2)sc1C. The van der Waals surface area contributed by atoms with Gasteiger partial charge in [0.2, 0.25) is 0 Å². The number of carbonyl (C=O) groups is 1. The van der Waals surface area contributed by atoms with E-state index in [1.54, 1.807) is 0 Å². The Bertz CT molecular complexity index is 628. The highest BCUT2D eigenvalue weighted by Crippen LogP contribution is 2.29. The molecule has 2 rings (SSSR count).